The highest BCUT2D eigenvalue weighted by Crippen LogP contribution is 2.24. The molecule has 0 unspecified atom stereocenters. The van der Waals surface area contributed by atoms with E-state index in [-0.39, 0.29) is 29.3 Å². The lowest BCUT2D eigenvalue weighted by molar-refractivity contribution is -0.116. The summed E-state index contributed by atoms with van der Waals surface area (Å²) >= 11 is 5.79. The number of hydrogen-bond donors (Lipinski definition) is 3. The number of nitrogens with one attached hydrogen (secondary N) is 1. The Hall–Kier alpha value is -2.53. The lowest BCUT2D eigenvalue weighted by Crippen LogP contribution is -2.12. The fraction of sp³-hybridized carbons (Fsp3) is 0.125. The molecular formula is C16H14ClNO4. The zero-order chi connectivity index (χ0) is 16.1. The van der Waals surface area contributed by atoms with Crippen molar-refractivity contribution in [3.8, 4) is 5.75 Å². The molecule has 114 valence electrons. The van der Waals surface area contributed by atoms with Crippen molar-refractivity contribution in [1.29, 1.82) is 0 Å². The van der Waals surface area contributed by atoms with Gasteiger partial charge < -0.3 is 15.5 Å². The van der Waals surface area contributed by atoms with Crippen LogP contribution in [0.2, 0.25) is 5.02 Å². The SMILES string of the molecule is O=C(CCc1ccc(Cl)cc1)Nc1ccc(C(=O)O)cc1O. The molecule has 2 aromatic rings. The average molecular weight is 320 g/mol. The highest BCUT2D eigenvalue weighted by atomic mass is 35.5. The number of aromatic hydroxyl groups is 1. The number of benzene rings is 2. The highest BCUT2D eigenvalue weighted by Gasteiger charge is 2.10. The molecule has 0 aromatic heterocycles. The van der Waals surface area contributed by atoms with Crippen LogP contribution in [0.3, 0.4) is 0 Å². The fourth-order valence-electron chi connectivity index (χ4n) is 1.89. The molecule has 0 fully saturated rings. The van der Waals surface area contributed by atoms with Crippen molar-refractivity contribution in [3.05, 3.63) is 58.6 Å². The van der Waals surface area contributed by atoms with E-state index in [1.807, 2.05) is 12.1 Å². The lowest BCUT2D eigenvalue weighted by Gasteiger charge is -2.08. The number of aromatic carboxylic acids is 1. The van der Waals surface area contributed by atoms with E-state index in [9.17, 15) is 14.7 Å². The number of carbonyl (C=O) groups is 2. The minimum atomic E-state index is -1.14. The van der Waals surface area contributed by atoms with E-state index >= 15 is 0 Å². The Kier molecular flexibility index (Phi) is 5.01. The second-order valence-electron chi connectivity index (χ2n) is 4.71. The number of halogens is 1. The van der Waals surface area contributed by atoms with Crippen LogP contribution in [0.1, 0.15) is 22.3 Å². The van der Waals surface area contributed by atoms with Gasteiger partial charge in [0.25, 0.3) is 0 Å². The maximum absolute atomic E-state index is 11.9. The molecular weight excluding hydrogens is 306 g/mol. The summed E-state index contributed by atoms with van der Waals surface area (Å²) < 4.78 is 0. The van der Waals surface area contributed by atoms with Gasteiger partial charge in [0.15, 0.2) is 0 Å². The summed E-state index contributed by atoms with van der Waals surface area (Å²) in [5, 5.41) is 21.7. The molecule has 0 aliphatic heterocycles. The first-order valence-electron chi connectivity index (χ1n) is 6.56. The number of carboxylic acids is 1. The van der Waals surface area contributed by atoms with E-state index in [0.717, 1.165) is 11.6 Å². The van der Waals surface area contributed by atoms with E-state index in [0.29, 0.717) is 11.4 Å². The maximum Gasteiger partial charge on any atom is 0.335 e. The van der Waals surface area contributed by atoms with Gasteiger partial charge in [-0.2, -0.15) is 0 Å². The van der Waals surface area contributed by atoms with Gasteiger partial charge in [-0.3, -0.25) is 4.79 Å². The summed E-state index contributed by atoms with van der Waals surface area (Å²) in [6.45, 7) is 0. The Balaban J connectivity index is 1.94. The first-order valence-corrected chi connectivity index (χ1v) is 6.94. The lowest BCUT2D eigenvalue weighted by atomic mass is 10.1. The predicted molar refractivity (Wildman–Crippen MR) is 83.5 cm³/mol. The van der Waals surface area contributed by atoms with Crippen molar-refractivity contribution < 1.29 is 19.8 Å². The number of phenols is 1. The second kappa shape index (κ2) is 6.95. The van der Waals surface area contributed by atoms with Crippen molar-refractivity contribution in [2.75, 3.05) is 5.32 Å². The van der Waals surface area contributed by atoms with Crippen molar-refractivity contribution in [2.24, 2.45) is 0 Å². The zero-order valence-electron chi connectivity index (χ0n) is 11.5. The molecule has 0 spiro atoms. The maximum atomic E-state index is 11.9. The van der Waals surface area contributed by atoms with E-state index in [1.54, 1.807) is 12.1 Å². The molecule has 5 nitrogen and oxygen atoms in total. The fourth-order valence-corrected chi connectivity index (χ4v) is 2.02. The molecule has 1 amide bonds. The van der Waals surface area contributed by atoms with Gasteiger partial charge in [0.05, 0.1) is 11.3 Å². The van der Waals surface area contributed by atoms with Crippen LogP contribution >= 0.6 is 11.6 Å². The van der Waals surface area contributed by atoms with Gasteiger partial charge in [-0.15, -0.1) is 0 Å². The van der Waals surface area contributed by atoms with Gasteiger partial charge in [0.2, 0.25) is 5.91 Å². The van der Waals surface area contributed by atoms with Crippen molar-refractivity contribution in [3.63, 3.8) is 0 Å². The summed E-state index contributed by atoms with van der Waals surface area (Å²) in [5.74, 6) is -1.69. The number of anilines is 1. The van der Waals surface area contributed by atoms with Gasteiger partial charge >= 0.3 is 5.97 Å². The normalized spacial score (nSPS) is 10.2. The molecule has 6 heteroatoms. The first kappa shape index (κ1) is 15.9. The van der Waals surface area contributed by atoms with E-state index < -0.39 is 5.97 Å². The van der Waals surface area contributed by atoms with Gasteiger partial charge in [-0.1, -0.05) is 23.7 Å². The Morgan fingerprint density at radius 1 is 1.09 bits per heavy atom. The third-order valence-corrected chi connectivity index (χ3v) is 3.32. The molecule has 0 aliphatic rings. The molecule has 2 rings (SSSR count). The Labute approximate surface area is 132 Å². The average Bonchev–Trinajstić information content (AvgIpc) is 2.48. The molecule has 0 bridgehead atoms. The Morgan fingerprint density at radius 3 is 2.36 bits per heavy atom. The topological polar surface area (TPSA) is 86.6 Å². The molecule has 3 N–H and O–H groups in total. The standard InChI is InChI=1S/C16H14ClNO4/c17-12-5-1-10(2-6-12)3-8-15(20)18-13-7-4-11(16(21)22)9-14(13)19/h1-2,4-7,9,19H,3,8H2,(H,18,20)(H,21,22). The van der Waals surface area contributed by atoms with E-state index in [4.69, 9.17) is 16.7 Å². The Bertz CT molecular complexity index is 698. The van der Waals surface area contributed by atoms with Crippen LogP contribution < -0.4 is 5.32 Å². The summed E-state index contributed by atoms with van der Waals surface area (Å²) in [4.78, 5) is 22.6. The van der Waals surface area contributed by atoms with Crippen LogP contribution in [-0.2, 0) is 11.2 Å². The molecule has 0 saturated carbocycles. The van der Waals surface area contributed by atoms with Crippen molar-refractivity contribution in [2.45, 2.75) is 12.8 Å². The summed E-state index contributed by atoms with van der Waals surface area (Å²) in [5.41, 5.74) is 1.12. The van der Waals surface area contributed by atoms with E-state index in [2.05, 4.69) is 5.32 Å². The monoisotopic (exact) mass is 319 g/mol. The van der Waals surface area contributed by atoms with Gasteiger partial charge in [-0.05, 0) is 42.3 Å². The number of carboxylic acid groups (broad SMARTS) is 1. The Morgan fingerprint density at radius 2 is 1.77 bits per heavy atom. The van der Waals surface area contributed by atoms with Crippen LogP contribution in [0.4, 0.5) is 5.69 Å². The van der Waals surface area contributed by atoms with E-state index in [1.165, 1.54) is 12.1 Å². The van der Waals surface area contributed by atoms with Crippen molar-refractivity contribution >= 4 is 29.2 Å². The summed E-state index contributed by atoms with van der Waals surface area (Å²) in [6, 6.07) is 11.0. The molecule has 0 aliphatic carbocycles. The highest BCUT2D eigenvalue weighted by molar-refractivity contribution is 6.30. The molecule has 0 saturated heterocycles. The predicted octanol–water partition coefficient (Wildman–Crippen LogP) is 3.32. The second-order valence-corrected chi connectivity index (χ2v) is 5.15. The van der Waals surface area contributed by atoms with Crippen LogP contribution in [-0.4, -0.2) is 22.1 Å². The van der Waals surface area contributed by atoms with Crippen LogP contribution in [0, 0.1) is 0 Å². The molecule has 0 atom stereocenters. The number of aryl methyl sites for hydroxylation is 1. The van der Waals surface area contributed by atoms with Gasteiger partial charge in [-0.25, -0.2) is 4.79 Å². The minimum absolute atomic E-state index is 0.0448. The molecule has 0 heterocycles. The molecule has 22 heavy (non-hydrogen) atoms. The van der Waals surface area contributed by atoms with Crippen LogP contribution in [0.25, 0.3) is 0 Å². The number of carbonyl (C=O) groups excluding carboxylic acids is 1. The summed E-state index contributed by atoms with van der Waals surface area (Å²) in [6.07, 6.45) is 0.777. The minimum Gasteiger partial charge on any atom is -0.506 e. The van der Waals surface area contributed by atoms with Crippen LogP contribution in [0.15, 0.2) is 42.5 Å². The first-order chi connectivity index (χ1) is 10.5. The third-order valence-electron chi connectivity index (χ3n) is 3.07. The smallest absolute Gasteiger partial charge is 0.335 e. The third kappa shape index (κ3) is 4.23. The quantitative estimate of drug-likeness (QED) is 0.738. The van der Waals surface area contributed by atoms with Gasteiger partial charge in [0.1, 0.15) is 5.75 Å². The van der Waals surface area contributed by atoms with Gasteiger partial charge in [0, 0.05) is 11.4 Å². The van der Waals surface area contributed by atoms with Crippen LogP contribution in [0.5, 0.6) is 5.75 Å². The molecule has 0 radical (unpaired) electrons. The number of hydrogen-bond acceptors (Lipinski definition) is 3. The number of amides is 1. The number of rotatable bonds is 5. The largest absolute Gasteiger partial charge is 0.506 e. The zero-order valence-corrected chi connectivity index (χ0v) is 12.3. The summed E-state index contributed by atoms with van der Waals surface area (Å²) in [7, 11) is 0. The number of phenolic OH excluding ortho intramolecular Hbond substituents is 1. The van der Waals surface area contributed by atoms with Crippen molar-refractivity contribution in [1.82, 2.24) is 0 Å². The molecule has 2 aromatic carbocycles.